The van der Waals surface area contributed by atoms with Crippen LogP contribution in [0.5, 0.6) is 5.75 Å². The zero-order valence-corrected chi connectivity index (χ0v) is 20.9. The maximum Gasteiger partial charge on any atom is 0.271 e. The van der Waals surface area contributed by atoms with Crippen molar-refractivity contribution in [2.24, 2.45) is 0 Å². The third kappa shape index (κ3) is 8.93. The van der Waals surface area contributed by atoms with Gasteiger partial charge in [-0.15, -0.1) is 0 Å². The van der Waals surface area contributed by atoms with Gasteiger partial charge in [-0.25, -0.2) is 0 Å². The summed E-state index contributed by atoms with van der Waals surface area (Å²) < 4.78 is 0.635. The van der Waals surface area contributed by atoms with Gasteiger partial charge in [-0.05, 0) is 23.8 Å². The van der Waals surface area contributed by atoms with Crippen LogP contribution >= 0.6 is 27.5 Å². The number of hydrogen-bond acceptors (Lipinski definition) is 7. The van der Waals surface area contributed by atoms with E-state index >= 15 is 0 Å². The lowest BCUT2D eigenvalue weighted by atomic mass is 10.0. The molecule has 9 nitrogen and oxygen atoms in total. The molecule has 0 heterocycles. The van der Waals surface area contributed by atoms with Crippen molar-refractivity contribution < 1.29 is 25.0 Å². The van der Waals surface area contributed by atoms with E-state index in [-0.39, 0.29) is 40.9 Å². The van der Waals surface area contributed by atoms with Crippen LogP contribution in [0.15, 0.2) is 65.1 Å². The average Bonchev–Trinajstić information content (AvgIpc) is 2.83. The fraction of sp³-hybridized carbons (Fsp3) is 0.208. The number of phenolic OH excluding ortho intramolecular Hbond substituents is 1. The van der Waals surface area contributed by atoms with Crippen LogP contribution in [0.2, 0.25) is 5.02 Å². The molecule has 11 heteroatoms. The highest BCUT2D eigenvalue weighted by molar-refractivity contribution is 9.10. The van der Waals surface area contributed by atoms with Crippen LogP contribution in [-0.4, -0.2) is 52.5 Å². The molecule has 0 radical (unpaired) electrons. The molecular weight excluding hydrogens is 542 g/mol. The van der Waals surface area contributed by atoms with Gasteiger partial charge in [0.1, 0.15) is 5.75 Å². The summed E-state index contributed by atoms with van der Waals surface area (Å²) in [5.41, 5.74) is 1.66. The molecule has 1 amide bonds. The maximum atomic E-state index is 12.7. The number of carbonyl (C=O) groups is 1. The fourth-order valence-electron chi connectivity index (χ4n) is 2.97. The molecule has 0 spiro atoms. The molecule has 0 bridgehead atoms. The first kappa shape index (κ1) is 28.2. The minimum Gasteiger partial charge on any atom is -0.507 e. The summed E-state index contributed by atoms with van der Waals surface area (Å²) in [5, 5.41) is 43.1. The lowest BCUT2D eigenvalue weighted by Crippen LogP contribution is -2.21. The first-order chi connectivity index (χ1) is 16.8. The predicted molar refractivity (Wildman–Crippen MR) is 138 cm³/mol. The standard InChI is InChI=1S/C20H14BrClN2O4.C4H11NO2/c21-14-9-13(8-12-4-2-1-3-5-12)19(25)16(10-14)20(26)23-18-7-6-15(24(27)28)11-17(18)22;6-3-1-5-2-4-7/h1-7,9-11,25H,8H2,(H,23,26);5-7H,1-4H2. The molecule has 3 rings (SSSR count). The molecule has 0 aliphatic rings. The lowest BCUT2D eigenvalue weighted by molar-refractivity contribution is -0.384. The molecule has 0 atom stereocenters. The van der Waals surface area contributed by atoms with E-state index in [1.165, 1.54) is 18.2 Å². The SMILES string of the molecule is O=C(Nc1ccc([N+](=O)[O-])cc1Cl)c1cc(Br)cc(Cc2ccccc2)c1O.OCCNCCO. The molecule has 3 aromatic carbocycles. The maximum absolute atomic E-state index is 12.7. The van der Waals surface area contributed by atoms with Crippen molar-refractivity contribution in [3.8, 4) is 5.75 Å². The van der Waals surface area contributed by atoms with Crippen molar-refractivity contribution >= 4 is 44.8 Å². The fourth-order valence-corrected chi connectivity index (χ4v) is 3.70. The Morgan fingerprint density at radius 2 is 1.69 bits per heavy atom. The first-order valence-electron chi connectivity index (χ1n) is 10.5. The molecule has 3 aromatic rings. The van der Waals surface area contributed by atoms with Crippen molar-refractivity contribution in [2.45, 2.75) is 6.42 Å². The van der Waals surface area contributed by atoms with Gasteiger partial charge in [-0.2, -0.15) is 0 Å². The summed E-state index contributed by atoms with van der Waals surface area (Å²) in [7, 11) is 0. The third-order valence-corrected chi connectivity index (χ3v) is 5.40. The number of aromatic hydroxyl groups is 1. The summed E-state index contributed by atoms with van der Waals surface area (Å²) in [6, 6.07) is 16.5. The number of nitrogens with one attached hydrogen (secondary N) is 2. The Hall–Kier alpha value is -3.02. The molecule has 0 saturated heterocycles. The molecule has 0 unspecified atom stereocenters. The number of carbonyl (C=O) groups excluding carboxylic acids is 1. The number of benzene rings is 3. The van der Waals surface area contributed by atoms with Gasteiger partial charge in [-0.1, -0.05) is 57.9 Å². The predicted octanol–water partition coefficient (Wildman–Crippen LogP) is 4.12. The Labute approximate surface area is 215 Å². The quantitative estimate of drug-likeness (QED) is 0.149. The molecular formula is C24H25BrClN3O6. The molecule has 0 aliphatic heterocycles. The van der Waals surface area contributed by atoms with Gasteiger partial charge in [0.25, 0.3) is 11.6 Å². The third-order valence-electron chi connectivity index (χ3n) is 4.62. The zero-order chi connectivity index (χ0) is 25.8. The highest BCUT2D eigenvalue weighted by Crippen LogP contribution is 2.32. The number of anilines is 1. The lowest BCUT2D eigenvalue weighted by Gasteiger charge is -2.12. The second kappa shape index (κ2) is 14.4. The summed E-state index contributed by atoms with van der Waals surface area (Å²) in [6.07, 6.45) is 0.449. The molecule has 35 heavy (non-hydrogen) atoms. The zero-order valence-electron chi connectivity index (χ0n) is 18.6. The summed E-state index contributed by atoms with van der Waals surface area (Å²) >= 11 is 9.39. The second-order valence-electron chi connectivity index (χ2n) is 7.20. The van der Waals surface area contributed by atoms with Crippen molar-refractivity contribution in [1.82, 2.24) is 5.32 Å². The molecule has 0 fully saturated rings. The second-order valence-corrected chi connectivity index (χ2v) is 8.52. The first-order valence-corrected chi connectivity index (χ1v) is 11.7. The number of aliphatic hydroxyl groups is 2. The molecule has 186 valence electrons. The summed E-state index contributed by atoms with van der Waals surface area (Å²) in [5.74, 6) is -0.716. The van der Waals surface area contributed by atoms with Crippen molar-refractivity contribution in [3.63, 3.8) is 0 Å². The number of hydrogen-bond donors (Lipinski definition) is 5. The Bertz CT molecular complexity index is 1140. The van der Waals surface area contributed by atoms with Crippen LogP contribution < -0.4 is 10.6 Å². The smallest absolute Gasteiger partial charge is 0.271 e. The van der Waals surface area contributed by atoms with E-state index in [1.54, 1.807) is 6.07 Å². The number of nitrogens with zero attached hydrogens (tertiary/aromatic N) is 1. The van der Waals surface area contributed by atoms with Gasteiger partial charge in [0.05, 0.1) is 34.4 Å². The van der Waals surface area contributed by atoms with Crippen molar-refractivity contribution in [3.05, 3.63) is 97.0 Å². The van der Waals surface area contributed by atoms with E-state index in [9.17, 15) is 20.0 Å². The minimum atomic E-state index is -0.580. The number of rotatable bonds is 9. The summed E-state index contributed by atoms with van der Waals surface area (Å²) in [6.45, 7) is 1.42. The van der Waals surface area contributed by atoms with E-state index in [2.05, 4.69) is 26.6 Å². The van der Waals surface area contributed by atoms with Crippen LogP contribution in [0.4, 0.5) is 11.4 Å². The molecule has 0 saturated carbocycles. The monoisotopic (exact) mass is 565 g/mol. The Balaban J connectivity index is 0.000000540. The topological polar surface area (TPSA) is 145 Å². The highest BCUT2D eigenvalue weighted by atomic mass is 79.9. The number of amides is 1. The van der Waals surface area contributed by atoms with Crippen LogP contribution in [-0.2, 0) is 6.42 Å². The van der Waals surface area contributed by atoms with Gasteiger partial charge in [-0.3, -0.25) is 14.9 Å². The van der Waals surface area contributed by atoms with Gasteiger partial charge < -0.3 is 26.0 Å². The number of nitro benzene ring substituents is 1. The van der Waals surface area contributed by atoms with Gasteiger partial charge in [0.15, 0.2) is 0 Å². The highest BCUT2D eigenvalue weighted by Gasteiger charge is 2.18. The molecule has 5 N–H and O–H groups in total. The Morgan fingerprint density at radius 3 is 2.26 bits per heavy atom. The van der Waals surface area contributed by atoms with E-state index < -0.39 is 10.8 Å². The van der Waals surface area contributed by atoms with Gasteiger partial charge >= 0.3 is 0 Å². The van der Waals surface area contributed by atoms with Gasteiger partial charge in [0.2, 0.25) is 0 Å². The van der Waals surface area contributed by atoms with Gasteiger partial charge in [0, 0.05) is 41.7 Å². The molecule has 0 aliphatic carbocycles. The van der Waals surface area contributed by atoms with Crippen LogP contribution in [0.25, 0.3) is 0 Å². The van der Waals surface area contributed by atoms with E-state index in [0.29, 0.717) is 29.5 Å². The number of nitro groups is 1. The van der Waals surface area contributed by atoms with Crippen LogP contribution in [0.3, 0.4) is 0 Å². The van der Waals surface area contributed by atoms with E-state index in [0.717, 1.165) is 11.6 Å². The number of aliphatic hydroxyl groups excluding tert-OH is 2. The Morgan fingerprint density at radius 1 is 1.03 bits per heavy atom. The van der Waals surface area contributed by atoms with Crippen molar-refractivity contribution in [1.29, 1.82) is 0 Å². The number of halogens is 2. The van der Waals surface area contributed by atoms with E-state index in [4.69, 9.17) is 21.8 Å². The summed E-state index contributed by atoms with van der Waals surface area (Å²) in [4.78, 5) is 22.9. The number of phenols is 1. The number of non-ortho nitro benzene ring substituents is 1. The van der Waals surface area contributed by atoms with Crippen molar-refractivity contribution in [2.75, 3.05) is 31.6 Å². The van der Waals surface area contributed by atoms with E-state index in [1.807, 2.05) is 30.3 Å². The minimum absolute atomic E-state index is 0.0292. The van der Waals surface area contributed by atoms with Crippen LogP contribution in [0, 0.1) is 10.1 Å². The normalized spacial score (nSPS) is 10.3. The van der Waals surface area contributed by atoms with Crippen LogP contribution in [0.1, 0.15) is 21.5 Å². The average molecular weight is 567 g/mol. The molecule has 0 aromatic heterocycles. The Kier molecular flexibility index (Phi) is 11.6. The largest absolute Gasteiger partial charge is 0.507 e.